The molecule has 0 radical (unpaired) electrons. The molecule has 1 heterocycles. The quantitative estimate of drug-likeness (QED) is 0.525. The van der Waals surface area contributed by atoms with Gasteiger partial charge in [-0.3, -0.25) is 4.57 Å². The first kappa shape index (κ1) is 16.8. The van der Waals surface area contributed by atoms with E-state index in [1.165, 1.54) is 23.6 Å². The zero-order valence-electron chi connectivity index (χ0n) is 12.0. The molecular formula is C16H8Cl2F4N2. The number of nitrogens with zero attached hydrogens (tertiary/aromatic N) is 2. The maximum absolute atomic E-state index is 14.2. The van der Waals surface area contributed by atoms with Gasteiger partial charge >= 0.3 is 0 Å². The minimum absolute atomic E-state index is 0.108. The summed E-state index contributed by atoms with van der Waals surface area (Å²) in [4.78, 5) is 3.97. The third-order valence-corrected chi connectivity index (χ3v) is 3.98. The van der Waals surface area contributed by atoms with Crippen molar-refractivity contribution in [1.29, 1.82) is 0 Å². The second-order valence-electron chi connectivity index (χ2n) is 4.98. The van der Waals surface area contributed by atoms with Gasteiger partial charge in [0, 0.05) is 12.1 Å². The summed E-state index contributed by atoms with van der Waals surface area (Å²) in [7, 11) is 0. The Morgan fingerprint density at radius 2 is 1.54 bits per heavy atom. The fourth-order valence-corrected chi connectivity index (χ4v) is 2.84. The summed E-state index contributed by atoms with van der Waals surface area (Å²) in [6, 6.07) is 4.88. The molecule has 0 saturated heterocycles. The molecule has 0 N–H and O–H groups in total. The minimum atomic E-state index is -1.15. The number of hydrogen-bond acceptors (Lipinski definition) is 1. The summed E-state index contributed by atoms with van der Waals surface area (Å²) in [5.74, 6) is -3.82. The van der Waals surface area contributed by atoms with Crippen molar-refractivity contribution in [3.05, 3.63) is 69.6 Å². The molecule has 1 aromatic heterocycles. The van der Waals surface area contributed by atoms with Crippen LogP contribution in [0.3, 0.4) is 0 Å². The molecule has 0 spiro atoms. The summed E-state index contributed by atoms with van der Waals surface area (Å²) < 4.78 is 56.5. The molecule has 24 heavy (non-hydrogen) atoms. The largest absolute Gasteiger partial charge is 0.295 e. The Hall–Kier alpha value is -2.05. The molecule has 0 unspecified atom stereocenters. The highest BCUT2D eigenvalue weighted by Crippen LogP contribution is 2.36. The molecule has 8 heteroatoms. The zero-order chi connectivity index (χ0) is 17.6. The van der Waals surface area contributed by atoms with Crippen LogP contribution in [-0.2, 0) is 0 Å². The van der Waals surface area contributed by atoms with Gasteiger partial charge in [-0.1, -0.05) is 23.2 Å². The predicted molar refractivity (Wildman–Crippen MR) is 83.6 cm³/mol. The average molecular weight is 375 g/mol. The Morgan fingerprint density at radius 3 is 2.12 bits per heavy atom. The van der Waals surface area contributed by atoms with Gasteiger partial charge < -0.3 is 0 Å². The van der Waals surface area contributed by atoms with E-state index in [-0.39, 0.29) is 27.4 Å². The van der Waals surface area contributed by atoms with Crippen molar-refractivity contribution in [2.75, 3.05) is 0 Å². The minimum Gasteiger partial charge on any atom is -0.295 e. The summed E-state index contributed by atoms with van der Waals surface area (Å²) >= 11 is 11.7. The van der Waals surface area contributed by atoms with Crippen molar-refractivity contribution in [3.8, 4) is 16.9 Å². The average Bonchev–Trinajstić information content (AvgIpc) is 2.76. The monoisotopic (exact) mass is 374 g/mol. The van der Waals surface area contributed by atoms with Gasteiger partial charge in [0.1, 0.15) is 29.1 Å². The van der Waals surface area contributed by atoms with E-state index in [4.69, 9.17) is 23.2 Å². The van der Waals surface area contributed by atoms with Crippen molar-refractivity contribution in [2.45, 2.75) is 6.92 Å². The second-order valence-corrected chi connectivity index (χ2v) is 5.74. The molecule has 0 saturated carbocycles. The first-order chi connectivity index (χ1) is 11.3. The second kappa shape index (κ2) is 6.11. The highest BCUT2D eigenvalue weighted by atomic mass is 35.5. The van der Waals surface area contributed by atoms with Gasteiger partial charge in [-0.05, 0) is 25.1 Å². The van der Waals surface area contributed by atoms with Crippen LogP contribution in [0.2, 0.25) is 10.2 Å². The highest BCUT2D eigenvalue weighted by Gasteiger charge is 2.24. The van der Waals surface area contributed by atoms with E-state index < -0.39 is 28.8 Å². The van der Waals surface area contributed by atoms with Crippen LogP contribution < -0.4 is 0 Å². The summed E-state index contributed by atoms with van der Waals surface area (Å²) in [5.41, 5.74) is -0.491. The number of imidazole rings is 1. The molecule has 0 atom stereocenters. The highest BCUT2D eigenvalue weighted by molar-refractivity contribution is 6.32. The molecular weight excluding hydrogens is 367 g/mol. The smallest absolute Gasteiger partial charge is 0.155 e. The lowest BCUT2D eigenvalue weighted by molar-refractivity contribution is 0.547. The van der Waals surface area contributed by atoms with E-state index in [1.807, 2.05) is 0 Å². The van der Waals surface area contributed by atoms with Crippen molar-refractivity contribution >= 4 is 23.2 Å². The van der Waals surface area contributed by atoms with Crippen LogP contribution >= 0.6 is 23.2 Å². The van der Waals surface area contributed by atoms with E-state index in [0.29, 0.717) is 12.1 Å². The molecule has 3 rings (SSSR count). The molecule has 0 aliphatic heterocycles. The number of halogens is 6. The fraction of sp³-hybridized carbons (Fsp3) is 0.0625. The third kappa shape index (κ3) is 2.76. The number of aromatic nitrogens is 2. The first-order valence-corrected chi connectivity index (χ1v) is 7.40. The lowest BCUT2D eigenvalue weighted by Gasteiger charge is -2.13. The maximum atomic E-state index is 14.2. The van der Waals surface area contributed by atoms with Crippen molar-refractivity contribution in [2.24, 2.45) is 0 Å². The topological polar surface area (TPSA) is 17.8 Å². The van der Waals surface area contributed by atoms with E-state index >= 15 is 0 Å². The van der Waals surface area contributed by atoms with E-state index in [2.05, 4.69) is 4.98 Å². The van der Waals surface area contributed by atoms with Crippen LogP contribution in [0.4, 0.5) is 17.6 Å². The van der Waals surface area contributed by atoms with Gasteiger partial charge in [-0.15, -0.1) is 0 Å². The normalized spacial score (nSPS) is 11.1. The van der Waals surface area contributed by atoms with Gasteiger partial charge in [0.15, 0.2) is 5.15 Å². The van der Waals surface area contributed by atoms with Crippen LogP contribution in [-0.4, -0.2) is 9.55 Å². The number of rotatable bonds is 2. The van der Waals surface area contributed by atoms with E-state index in [0.717, 1.165) is 6.07 Å². The predicted octanol–water partition coefficient (Wildman–Crippen LogP) is 5.71. The standard InChI is InChI=1S/C16H8Cl2F4N2/c1-7-23-16(18)15(14-12(21)4-8(19)5-13(14)22)24(7)9-2-3-10(17)11(20)6-9/h2-6H,1H3. The van der Waals surface area contributed by atoms with Crippen LogP contribution in [0.15, 0.2) is 30.3 Å². The SMILES string of the molecule is Cc1nc(Cl)c(-c2c(F)cc(F)cc2F)n1-c1ccc(Cl)c(F)c1. The van der Waals surface area contributed by atoms with Gasteiger partial charge in [0.05, 0.1) is 22.0 Å². The molecule has 0 aliphatic rings. The third-order valence-electron chi connectivity index (χ3n) is 3.41. The Kier molecular flexibility index (Phi) is 4.27. The summed E-state index contributed by atoms with van der Waals surface area (Å²) in [6.45, 7) is 1.53. The Labute approximate surface area is 144 Å². The number of aryl methyl sites for hydroxylation is 1. The summed E-state index contributed by atoms with van der Waals surface area (Å²) in [6.07, 6.45) is 0. The van der Waals surface area contributed by atoms with Crippen molar-refractivity contribution in [3.63, 3.8) is 0 Å². The Bertz CT molecular complexity index is 930. The van der Waals surface area contributed by atoms with Gasteiger partial charge in [-0.25, -0.2) is 22.5 Å². The van der Waals surface area contributed by atoms with Gasteiger partial charge in [0.2, 0.25) is 0 Å². The zero-order valence-corrected chi connectivity index (χ0v) is 13.6. The molecule has 0 amide bonds. The lowest BCUT2D eigenvalue weighted by atomic mass is 10.1. The maximum Gasteiger partial charge on any atom is 0.155 e. The Balaban J connectivity index is 2.33. The van der Waals surface area contributed by atoms with E-state index in [1.54, 1.807) is 0 Å². The van der Waals surface area contributed by atoms with Crippen LogP contribution in [0.1, 0.15) is 5.82 Å². The van der Waals surface area contributed by atoms with Gasteiger partial charge in [-0.2, -0.15) is 0 Å². The molecule has 0 bridgehead atoms. The van der Waals surface area contributed by atoms with Crippen molar-refractivity contribution < 1.29 is 17.6 Å². The fourth-order valence-electron chi connectivity index (χ4n) is 2.42. The Morgan fingerprint density at radius 1 is 0.917 bits per heavy atom. The number of hydrogen-bond donors (Lipinski definition) is 0. The van der Waals surface area contributed by atoms with Crippen LogP contribution in [0.25, 0.3) is 16.9 Å². The molecule has 2 nitrogen and oxygen atoms in total. The molecule has 0 aliphatic carbocycles. The molecule has 2 aromatic carbocycles. The van der Waals surface area contributed by atoms with Crippen LogP contribution in [0, 0.1) is 30.2 Å². The summed E-state index contributed by atoms with van der Waals surface area (Å²) in [5, 5.41) is -0.310. The van der Waals surface area contributed by atoms with E-state index in [9.17, 15) is 17.6 Å². The van der Waals surface area contributed by atoms with Gasteiger partial charge in [0.25, 0.3) is 0 Å². The van der Waals surface area contributed by atoms with Crippen molar-refractivity contribution in [1.82, 2.24) is 9.55 Å². The lowest BCUT2D eigenvalue weighted by Crippen LogP contribution is -2.03. The van der Waals surface area contributed by atoms with Crippen LogP contribution in [0.5, 0.6) is 0 Å². The first-order valence-electron chi connectivity index (χ1n) is 6.64. The molecule has 124 valence electrons. The number of benzene rings is 2. The molecule has 3 aromatic rings. The molecule has 0 fully saturated rings.